The van der Waals surface area contributed by atoms with Gasteiger partial charge in [0.05, 0.1) is 6.04 Å². The zero-order valence-corrected chi connectivity index (χ0v) is 14.0. The molecule has 1 N–H and O–H groups in total. The van der Waals surface area contributed by atoms with Crippen LogP contribution < -0.4 is 5.32 Å². The molecule has 4 nitrogen and oxygen atoms in total. The van der Waals surface area contributed by atoms with Crippen molar-refractivity contribution in [2.75, 3.05) is 0 Å². The van der Waals surface area contributed by atoms with E-state index in [1.165, 1.54) is 0 Å². The van der Waals surface area contributed by atoms with E-state index < -0.39 is 17.7 Å². The van der Waals surface area contributed by atoms with Crippen LogP contribution in [0.5, 0.6) is 0 Å². The Kier molecular flexibility index (Phi) is 5.04. The van der Waals surface area contributed by atoms with Gasteiger partial charge in [-0.3, -0.25) is 0 Å². The number of ether oxygens (including phenoxy) is 1. The van der Waals surface area contributed by atoms with E-state index in [9.17, 15) is 9.59 Å². The van der Waals surface area contributed by atoms with Crippen molar-refractivity contribution >= 4 is 23.2 Å². The second-order valence-electron chi connectivity index (χ2n) is 6.69. The normalized spacial score (nSPS) is 14.1. The minimum Gasteiger partial charge on any atom is -0.444 e. The van der Waals surface area contributed by atoms with Gasteiger partial charge in [0.15, 0.2) is 0 Å². The average molecular weight is 313 g/mol. The summed E-state index contributed by atoms with van der Waals surface area (Å²) in [5.41, 5.74) is 0.325. The largest absolute Gasteiger partial charge is 0.444 e. The lowest BCUT2D eigenvalue weighted by Gasteiger charge is -2.26. The van der Waals surface area contributed by atoms with E-state index in [2.05, 4.69) is 5.32 Å². The van der Waals surface area contributed by atoms with Gasteiger partial charge in [-0.25, -0.2) is 4.79 Å². The predicted molar refractivity (Wildman–Crippen MR) is 91.3 cm³/mol. The summed E-state index contributed by atoms with van der Waals surface area (Å²) in [6, 6.07) is 13.3. The maximum absolute atomic E-state index is 12.1. The molecule has 0 aliphatic rings. The van der Waals surface area contributed by atoms with Crippen LogP contribution in [0.2, 0.25) is 0 Å². The van der Waals surface area contributed by atoms with E-state index >= 15 is 0 Å². The summed E-state index contributed by atoms with van der Waals surface area (Å²) in [5.74, 6) is -0.367. The van der Waals surface area contributed by atoms with Gasteiger partial charge in [-0.15, -0.1) is 0 Å². The molecule has 0 heterocycles. The summed E-state index contributed by atoms with van der Waals surface area (Å²) in [4.78, 5) is 23.5. The van der Waals surface area contributed by atoms with Crippen LogP contribution in [0, 0.1) is 5.92 Å². The van der Waals surface area contributed by atoms with Gasteiger partial charge in [0.2, 0.25) is 0 Å². The number of amides is 1. The Hall–Kier alpha value is -2.36. The van der Waals surface area contributed by atoms with Crippen LogP contribution in [0.15, 0.2) is 42.5 Å². The van der Waals surface area contributed by atoms with Crippen molar-refractivity contribution in [1.82, 2.24) is 5.32 Å². The Labute approximate surface area is 136 Å². The summed E-state index contributed by atoms with van der Waals surface area (Å²) < 4.78 is 5.33. The maximum Gasteiger partial charge on any atom is 0.408 e. The first-order valence-electron chi connectivity index (χ1n) is 7.74. The van der Waals surface area contributed by atoms with Crippen LogP contribution >= 0.6 is 0 Å². The molecule has 2 atom stereocenters. The molecule has 2 rings (SSSR count). The topological polar surface area (TPSA) is 55.4 Å². The summed E-state index contributed by atoms with van der Waals surface area (Å²) in [5, 5.41) is 4.93. The molecule has 1 amide bonds. The molecule has 4 heteroatoms. The van der Waals surface area contributed by atoms with Gasteiger partial charge in [-0.05, 0) is 37.1 Å². The number of nitrogens with one attached hydrogen (secondary N) is 1. The number of benzene rings is 2. The summed E-state index contributed by atoms with van der Waals surface area (Å²) >= 11 is 0. The molecule has 0 spiro atoms. The molecule has 0 saturated heterocycles. The van der Waals surface area contributed by atoms with Crippen LogP contribution in [0.25, 0.3) is 10.8 Å². The third-order valence-electron chi connectivity index (χ3n) is 3.57. The lowest BCUT2D eigenvalue weighted by molar-refractivity contribution is -0.111. The number of carbonyl (C=O) groups excluding carboxylic acids is 2. The summed E-state index contributed by atoms with van der Waals surface area (Å²) in [6.07, 6.45) is 0.327. The first kappa shape index (κ1) is 17.0. The number of alkyl carbamates (subject to hydrolysis) is 1. The van der Waals surface area contributed by atoms with Gasteiger partial charge in [0.25, 0.3) is 0 Å². The minimum absolute atomic E-state index is 0.367. The Morgan fingerprint density at radius 2 is 1.78 bits per heavy atom. The fraction of sp³-hybridized carbons (Fsp3) is 0.368. The molecule has 0 aliphatic heterocycles. The average Bonchev–Trinajstić information content (AvgIpc) is 2.50. The van der Waals surface area contributed by atoms with E-state index in [-0.39, 0.29) is 5.92 Å². The van der Waals surface area contributed by atoms with E-state index in [1.54, 1.807) is 6.92 Å². The molecular weight excluding hydrogens is 290 g/mol. The number of fused-ring (bicyclic) bond motifs is 1. The molecule has 23 heavy (non-hydrogen) atoms. The third kappa shape index (κ3) is 4.31. The van der Waals surface area contributed by atoms with Crippen molar-refractivity contribution < 1.29 is 14.3 Å². The van der Waals surface area contributed by atoms with Crippen LogP contribution in [0.3, 0.4) is 0 Å². The van der Waals surface area contributed by atoms with Crippen LogP contribution in [-0.4, -0.2) is 18.0 Å². The second-order valence-corrected chi connectivity index (χ2v) is 6.69. The smallest absolute Gasteiger partial charge is 0.408 e. The number of rotatable bonds is 4. The number of hydrogen-bond acceptors (Lipinski definition) is 3. The van der Waals surface area contributed by atoms with Gasteiger partial charge < -0.3 is 14.8 Å². The molecule has 0 aliphatic carbocycles. The molecule has 0 saturated carbocycles. The number of carbonyl (C=O) groups is 2. The van der Waals surface area contributed by atoms with Gasteiger partial charge in [0.1, 0.15) is 11.9 Å². The molecule has 122 valence electrons. The van der Waals surface area contributed by atoms with E-state index in [0.717, 1.165) is 22.6 Å². The SMILES string of the molecule is C[C@@H](C=O)[C@@H](NC(=O)OC(C)(C)C)c1cccc2ccccc12. The molecule has 0 unspecified atom stereocenters. The highest BCUT2D eigenvalue weighted by Gasteiger charge is 2.25. The van der Waals surface area contributed by atoms with Crippen LogP contribution in [-0.2, 0) is 9.53 Å². The number of hydrogen-bond donors (Lipinski definition) is 1. The van der Waals surface area contributed by atoms with Crippen molar-refractivity contribution in [1.29, 1.82) is 0 Å². The Morgan fingerprint density at radius 3 is 2.43 bits per heavy atom. The van der Waals surface area contributed by atoms with Crippen molar-refractivity contribution in [2.45, 2.75) is 39.3 Å². The minimum atomic E-state index is -0.586. The molecule has 0 aromatic heterocycles. The number of aldehydes is 1. The summed E-state index contributed by atoms with van der Waals surface area (Å²) in [7, 11) is 0. The van der Waals surface area contributed by atoms with Gasteiger partial charge in [-0.2, -0.15) is 0 Å². The van der Waals surface area contributed by atoms with Gasteiger partial charge in [0, 0.05) is 5.92 Å². The van der Waals surface area contributed by atoms with Gasteiger partial charge in [-0.1, -0.05) is 49.4 Å². The zero-order chi connectivity index (χ0) is 17.0. The first-order valence-corrected chi connectivity index (χ1v) is 7.74. The molecular formula is C19H23NO3. The zero-order valence-electron chi connectivity index (χ0n) is 14.0. The fourth-order valence-electron chi connectivity index (χ4n) is 2.53. The molecule has 0 fully saturated rings. The maximum atomic E-state index is 12.1. The van der Waals surface area contributed by atoms with Gasteiger partial charge >= 0.3 is 6.09 Å². The van der Waals surface area contributed by atoms with Crippen molar-refractivity contribution in [2.24, 2.45) is 5.92 Å². The Balaban J connectivity index is 2.38. The highest BCUT2D eigenvalue weighted by atomic mass is 16.6. The van der Waals surface area contributed by atoms with Crippen molar-refractivity contribution in [3.05, 3.63) is 48.0 Å². The molecule has 0 bridgehead atoms. The van der Waals surface area contributed by atoms with E-state index in [4.69, 9.17) is 4.74 Å². The highest BCUT2D eigenvalue weighted by Crippen LogP contribution is 2.28. The lowest BCUT2D eigenvalue weighted by atomic mass is 9.91. The van der Waals surface area contributed by atoms with Crippen LogP contribution in [0.4, 0.5) is 4.79 Å². The van der Waals surface area contributed by atoms with E-state index in [0.29, 0.717) is 0 Å². The molecule has 2 aromatic carbocycles. The third-order valence-corrected chi connectivity index (χ3v) is 3.57. The van der Waals surface area contributed by atoms with E-state index in [1.807, 2.05) is 63.2 Å². The molecule has 2 aromatic rings. The first-order chi connectivity index (χ1) is 10.8. The Bertz CT molecular complexity index is 698. The lowest BCUT2D eigenvalue weighted by Crippen LogP contribution is -2.37. The Morgan fingerprint density at radius 1 is 1.13 bits per heavy atom. The van der Waals surface area contributed by atoms with Crippen molar-refractivity contribution in [3.8, 4) is 0 Å². The molecule has 0 radical (unpaired) electrons. The second kappa shape index (κ2) is 6.82. The summed E-state index contributed by atoms with van der Waals surface area (Å²) in [6.45, 7) is 7.21. The predicted octanol–water partition coefficient (Wildman–Crippen LogP) is 4.24. The van der Waals surface area contributed by atoms with Crippen LogP contribution in [0.1, 0.15) is 39.3 Å². The monoisotopic (exact) mass is 313 g/mol. The fourth-order valence-corrected chi connectivity index (χ4v) is 2.53. The quantitative estimate of drug-likeness (QED) is 0.859. The standard InChI is InChI=1S/C19H23NO3/c1-13(12-21)17(20-18(22)23-19(2,3)4)16-11-7-9-14-8-5-6-10-15(14)16/h5-13,17H,1-4H3,(H,20,22)/t13-,17+/m0/s1. The van der Waals surface area contributed by atoms with Crippen molar-refractivity contribution in [3.63, 3.8) is 0 Å². The highest BCUT2D eigenvalue weighted by molar-refractivity contribution is 5.87.